The Morgan fingerprint density at radius 2 is 1.78 bits per heavy atom. The van der Waals surface area contributed by atoms with E-state index in [0.29, 0.717) is 11.1 Å². The largest absolute Gasteiger partial charge is 0.465 e. The molecule has 5 heteroatoms. The van der Waals surface area contributed by atoms with Crippen molar-refractivity contribution in [1.29, 1.82) is 0 Å². The molecule has 0 radical (unpaired) electrons. The van der Waals surface area contributed by atoms with Gasteiger partial charge in [-0.25, -0.2) is 9.59 Å². The number of rotatable bonds is 9. The van der Waals surface area contributed by atoms with Crippen LogP contribution in [0.4, 0.5) is 0 Å². The molecule has 1 rings (SSSR count). The fraction of sp³-hybridized carbons (Fsp3) is 0.556. The van der Waals surface area contributed by atoms with Gasteiger partial charge in [0.25, 0.3) is 0 Å². The number of methoxy groups -OCH3 is 2. The van der Waals surface area contributed by atoms with Crippen molar-refractivity contribution in [3.8, 4) is 0 Å². The van der Waals surface area contributed by atoms with Crippen LogP contribution in [0.25, 0.3) is 0 Å². The van der Waals surface area contributed by atoms with Gasteiger partial charge < -0.3 is 14.8 Å². The fourth-order valence-electron chi connectivity index (χ4n) is 2.50. The summed E-state index contributed by atoms with van der Waals surface area (Å²) >= 11 is 0. The summed E-state index contributed by atoms with van der Waals surface area (Å²) in [4.78, 5) is 23.9. The highest BCUT2D eigenvalue weighted by atomic mass is 16.5. The second kappa shape index (κ2) is 10.0. The second-order valence-electron chi connectivity index (χ2n) is 5.43. The van der Waals surface area contributed by atoms with Gasteiger partial charge in [0.2, 0.25) is 0 Å². The van der Waals surface area contributed by atoms with E-state index in [0.717, 1.165) is 37.8 Å². The molecule has 0 saturated heterocycles. The standard InChI is InChI=1S/C18H27NO4/c1-5-7-11-19-16(8-6-2)15-12-13(17(20)22-3)9-10-14(15)18(21)23-4/h9-10,12,16,19H,5-8,11H2,1-4H3. The van der Waals surface area contributed by atoms with Gasteiger partial charge in [0, 0.05) is 6.04 Å². The summed E-state index contributed by atoms with van der Waals surface area (Å²) in [7, 11) is 2.71. The molecule has 1 N–H and O–H groups in total. The zero-order chi connectivity index (χ0) is 17.2. The zero-order valence-corrected chi connectivity index (χ0v) is 14.5. The number of unbranched alkanes of at least 4 members (excludes halogenated alkanes) is 1. The molecule has 5 nitrogen and oxygen atoms in total. The van der Waals surface area contributed by atoms with Gasteiger partial charge >= 0.3 is 11.9 Å². The molecule has 0 heterocycles. The van der Waals surface area contributed by atoms with Crippen LogP contribution in [0.15, 0.2) is 18.2 Å². The van der Waals surface area contributed by atoms with Gasteiger partial charge in [-0.05, 0) is 43.1 Å². The molecule has 23 heavy (non-hydrogen) atoms. The van der Waals surface area contributed by atoms with E-state index in [1.807, 2.05) is 0 Å². The average molecular weight is 321 g/mol. The minimum Gasteiger partial charge on any atom is -0.465 e. The molecule has 0 spiro atoms. The summed E-state index contributed by atoms with van der Waals surface area (Å²) in [6, 6.07) is 4.97. The van der Waals surface area contributed by atoms with Crippen LogP contribution in [-0.4, -0.2) is 32.7 Å². The molecule has 0 aliphatic rings. The molecule has 0 aliphatic heterocycles. The molecule has 0 amide bonds. The molecule has 1 unspecified atom stereocenters. The van der Waals surface area contributed by atoms with Crippen molar-refractivity contribution >= 4 is 11.9 Å². The highest BCUT2D eigenvalue weighted by molar-refractivity contribution is 5.95. The smallest absolute Gasteiger partial charge is 0.338 e. The Balaban J connectivity index is 3.22. The molecule has 0 aromatic heterocycles. The molecule has 0 bridgehead atoms. The van der Waals surface area contributed by atoms with Crippen LogP contribution in [0.2, 0.25) is 0 Å². The third-order valence-electron chi connectivity index (χ3n) is 3.75. The molecule has 128 valence electrons. The van der Waals surface area contributed by atoms with E-state index in [-0.39, 0.29) is 6.04 Å². The number of benzene rings is 1. The van der Waals surface area contributed by atoms with Gasteiger partial charge in [-0.15, -0.1) is 0 Å². The van der Waals surface area contributed by atoms with Crippen molar-refractivity contribution in [3.05, 3.63) is 34.9 Å². The quantitative estimate of drug-likeness (QED) is 0.557. The fourth-order valence-corrected chi connectivity index (χ4v) is 2.50. The lowest BCUT2D eigenvalue weighted by molar-refractivity contribution is 0.0585. The van der Waals surface area contributed by atoms with E-state index < -0.39 is 11.9 Å². The minimum absolute atomic E-state index is 0.00487. The Hall–Kier alpha value is -1.88. The van der Waals surface area contributed by atoms with Gasteiger partial charge in [-0.2, -0.15) is 0 Å². The van der Waals surface area contributed by atoms with Gasteiger partial charge in [0.1, 0.15) is 0 Å². The summed E-state index contributed by atoms with van der Waals surface area (Å²) in [6.07, 6.45) is 3.99. The molecule has 0 saturated carbocycles. The molecule has 0 aliphatic carbocycles. The predicted molar refractivity (Wildman–Crippen MR) is 89.7 cm³/mol. The highest BCUT2D eigenvalue weighted by Gasteiger charge is 2.21. The topological polar surface area (TPSA) is 64.6 Å². The van der Waals surface area contributed by atoms with Gasteiger partial charge in [0.15, 0.2) is 0 Å². The van der Waals surface area contributed by atoms with Crippen LogP contribution in [0.5, 0.6) is 0 Å². The van der Waals surface area contributed by atoms with E-state index in [4.69, 9.17) is 9.47 Å². The number of ether oxygens (including phenoxy) is 2. The van der Waals surface area contributed by atoms with Crippen LogP contribution in [0.3, 0.4) is 0 Å². The van der Waals surface area contributed by atoms with E-state index in [1.165, 1.54) is 14.2 Å². The van der Waals surface area contributed by atoms with E-state index in [1.54, 1.807) is 18.2 Å². The molecular formula is C18H27NO4. The Bertz CT molecular complexity index is 528. The lowest BCUT2D eigenvalue weighted by Gasteiger charge is -2.21. The van der Waals surface area contributed by atoms with E-state index in [2.05, 4.69) is 19.2 Å². The molecule has 1 aromatic carbocycles. The van der Waals surface area contributed by atoms with Crippen LogP contribution in [0.1, 0.15) is 71.9 Å². The first-order chi connectivity index (χ1) is 11.1. The van der Waals surface area contributed by atoms with Crippen molar-refractivity contribution in [2.45, 2.75) is 45.6 Å². The number of esters is 2. The van der Waals surface area contributed by atoms with Crippen molar-refractivity contribution in [1.82, 2.24) is 5.32 Å². The number of nitrogens with one attached hydrogen (secondary N) is 1. The normalized spacial score (nSPS) is 11.8. The van der Waals surface area contributed by atoms with Crippen molar-refractivity contribution in [3.63, 3.8) is 0 Å². The van der Waals surface area contributed by atoms with Gasteiger partial charge in [-0.1, -0.05) is 26.7 Å². The monoisotopic (exact) mass is 321 g/mol. The number of hydrogen-bond donors (Lipinski definition) is 1. The lowest BCUT2D eigenvalue weighted by atomic mass is 9.94. The maximum atomic E-state index is 12.1. The molecular weight excluding hydrogens is 294 g/mol. The summed E-state index contributed by atoms with van der Waals surface area (Å²) in [6.45, 7) is 5.09. The first-order valence-corrected chi connectivity index (χ1v) is 8.12. The summed E-state index contributed by atoms with van der Waals surface area (Å²) in [5.74, 6) is -0.804. The van der Waals surface area contributed by atoms with Gasteiger partial charge in [-0.3, -0.25) is 0 Å². The average Bonchev–Trinajstić information content (AvgIpc) is 2.59. The Morgan fingerprint density at radius 3 is 2.35 bits per heavy atom. The second-order valence-corrected chi connectivity index (χ2v) is 5.43. The maximum Gasteiger partial charge on any atom is 0.338 e. The number of carbonyl (C=O) groups is 2. The first-order valence-electron chi connectivity index (χ1n) is 8.12. The maximum absolute atomic E-state index is 12.1. The summed E-state index contributed by atoms with van der Waals surface area (Å²) in [5, 5.41) is 3.48. The minimum atomic E-state index is -0.411. The number of carbonyl (C=O) groups excluding carboxylic acids is 2. The third kappa shape index (κ3) is 5.36. The lowest BCUT2D eigenvalue weighted by Crippen LogP contribution is -2.25. The van der Waals surface area contributed by atoms with E-state index >= 15 is 0 Å². The van der Waals surface area contributed by atoms with E-state index in [9.17, 15) is 9.59 Å². The van der Waals surface area contributed by atoms with Crippen LogP contribution >= 0.6 is 0 Å². The molecule has 0 fully saturated rings. The van der Waals surface area contributed by atoms with Crippen LogP contribution in [0, 0.1) is 0 Å². The third-order valence-corrected chi connectivity index (χ3v) is 3.75. The predicted octanol–water partition coefficient (Wildman–Crippen LogP) is 3.49. The Morgan fingerprint density at radius 1 is 1.09 bits per heavy atom. The van der Waals surface area contributed by atoms with Crippen LogP contribution < -0.4 is 5.32 Å². The molecule has 1 aromatic rings. The molecule has 1 atom stereocenters. The first kappa shape index (κ1) is 19.2. The Kier molecular flexibility index (Phi) is 8.33. The van der Waals surface area contributed by atoms with Crippen molar-refractivity contribution < 1.29 is 19.1 Å². The summed E-state index contributed by atoms with van der Waals surface area (Å²) in [5.41, 5.74) is 1.72. The van der Waals surface area contributed by atoms with Gasteiger partial charge in [0.05, 0.1) is 25.3 Å². The van der Waals surface area contributed by atoms with Crippen molar-refractivity contribution in [2.75, 3.05) is 20.8 Å². The highest BCUT2D eigenvalue weighted by Crippen LogP contribution is 2.25. The Labute approximate surface area is 138 Å². The van der Waals surface area contributed by atoms with Crippen molar-refractivity contribution in [2.24, 2.45) is 0 Å². The summed E-state index contributed by atoms with van der Waals surface area (Å²) < 4.78 is 9.66. The zero-order valence-electron chi connectivity index (χ0n) is 14.5. The number of hydrogen-bond acceptors (Lipinski definition) is 5. The SMILES string of the molecule is CCCCNC(CCC)c1cc(C(=O)OC)ccc1C(=O)OC. The van der Waals surface area contributed by atoms with Crippen LogP contribution in [-0.2, 0) is 9.47 Å².